The van der Waals surface area contributed by atoms with Gasteiger partial charge in [-0.25, -0.2) is 0 Å². The highest BCUT2D eigenvalue weighted by Crippen LogP contribution is 2.33. The zero-order valence-electron chi connectivity index (χ0n) is 10.8. The molecule has 0 aliphatic carbocycles. The Balaban J connectivity index is 2.42. The average molecular weight is 344 g/mol. The first-order valence-corrected chi connectivity index (χ1v) is 6.84. The van der Waals surface area contributed by atoms with Gasteiger partial charge in [0.05, 0.1) is 18.1 Å². The maximum atomic E-state index is 11.9. The van der Waals surface area contributed by atoms with E-state index < -0.39 is 11.0 Å². The number of nitrogens with zero attached hydrogens (tertiary/aromatic N) is 2. The quantitative estimate of drug-likeness (QED) is 0.660. The summed E-state index contributed by atoms with van der Waals surface area (Å²) in [5.74, 6) is -0.220. The molecule has 0 radical (unpaired) electrons. The number of hydrogen-bond acceptors (Lipinski definition) is 5. The van der Waals surface area contributed by atoms with Crippen LogP contribution in [-0.4, -0.2) is 43.7 Å². The molecule has 20 heavy (non-hydrogen) atoms. The third kappa shape index (κ3) is 2.91. The summed E-state index contributed by atoms with van der Waals surface area (Å²) in [4.78, 5) is 24.3. The van der Waals surface area contributed by atoms with E-state index in [1.165, 1.54) is 13.1 Å². The van der Waals surface area contributed by atoms with Crippen LogP contribution in [0.15, 0.2) is 22.7 Å². The summed E-state index contributed by atoms with van der Waals surface area (Å²) >= 11 is 3.22. The molecule has 1 atom stereocenters. The molecule has 1 heterocycles. The average Bonchev–Trinajstić information content (AvgIpc) is 2.46. The largest absolute Gasteiger partial charge is 0.377 e. The molecule has 0 aromatic heterocycles. The monoisotopic (exact) mass is 343 g/mol. The van der Waals surface area contributed by atoms with Gasteiger partial charge >= 0.3 is 0 Å². The zero-order valence-corrected chi connectivity index (χ0v) is 12.4. The van der Waals surface area contributed by atoms with E-state index >= 15 is 0 Å². The number of nitro groups is 1. The number of halogens is 1. The van der Waals surface area contributed by atoms with Gasteiger partial charge in [-0.05, 0) is 12.1 Å². The van der Waals surface area contributed by atoms with Crippen molar-refractivity contribution < 1.29 is 14.5 Å². The number of amides is 1. The van der Waals surface area contributed by atoms with Gasteiger partial charge < -0.3 is 15.0 Å². The molecule has 2 rings (SSSR count). The standard InChI is InChI=1S/C12H14BrN3O4/c1-14-12(17)11-7-20-5-4-15(11)9-3-2-8(13)6-10(9)16(18)19/h2-3,6,11H,4-5,7H2,1H3,(H,14,17). The van der Waals surface area contributed by atoms with Crippen LogP contribution in [0.4, 0.5) is 11.4 Å². The summed E-state index contributed by atoms with van der Waals surface area (Å²) in [6.07, 6.45) is 0. The minimum absolute atomic E-state index is 0.0322. The van der Waals surface area contributed by atoms with Crippen LogP contribution in [0.1, 0.15) is 0 Å². The second-order valence-corrected chi connectivity index (χ2v) is 5.20. The van der Waals surface area contributed by atoms with Gasteiger partial charge in [0.25, 0.3) is 5.69 Å². The summed E-state index contributed by atoms with van der Waals surface area (Å²) in [7, 11) is 1.53. The summed E-state index contributed by atoms with van der Waals surface area (Å²) in [6.45, 7) is 1.08. The van der Waals surface area contributed by atoms with E-state index in [4.69, 9.17) is 4.74 Å². The Hall–Kier alpha value is -1.67. The highest BCUT2D eigenvalue weighted by Gasteiger charge is 2.32. The van der Waals surface area contributed by atoms with Gasteiger partial charge in [0.15, 0.2) is 0 Å². The number of carbonyl (C=O) groups excluding carboxylic acids is 1. The predicted octanol–water partition coefficient (Wildman–Crippen LogP) is 1.31. The van der Waals surface area contributed by atoms with Crippen molar-refractivity contribution in [3.63, 3.8) is 0 Å². The molecule has 1 aliphatic heterocycles. The van der Waals surface area contributed by atoms with Crippen LogP contribution in [0.5, 0.6) is 0 Å². The third-order valence-electron chi connectivity index (χ3n) is 3.12. The van der Waals surface area contributed by atoms with Crippen molar-refractivity contribution >= 4 is 33.2 Å². The van der Waals surface area contributed by atoms with Gasteiger partial charge in [0, 0.05) is 24.1 Å². The lowest BCUT2D eigenvalue weighted by Crippen LogP contribution is -2.53. The maximum Gasteiger partial charge on any atom is 0.293 e. The molecule has 1 unspecified atom stereocenters. The normalized spacial score (nSPS) is 18.7. The molecular weight excluding hydrogens is 330 g/mol. The lowest BCUT2D eigenvalue weighted by atomic mass is 10.1. The smallest absolute Gasteiger partial charge is 0.293 e. The number of hydrogen-bond donors (Lipinski definition) is 1. The van der Waals surface area contributed by atoms with Gasteiger partial charge in [-0.15, -0.1) is 0 Å². The lowest BCUT2D eigenvalue weighted by Gasteiger charge is -2.35. The molecule has 0 bridgehead atoms. The second-order valence-electron chi connectivity index (χ2n) is 4.29. The highest BCUT2D eigenvalue weighted by atomic mass is 79.9. The number of rotatable bonds is 3. The number of nitrogens with one attached hydrogen (secondary N) is 1. The first-order chi connectivity index (χ1) is 9.54. The fraction of sp³-hybridized carbons (Fsp3) is 0.417. The van der Waals surface area contributed by atoms with Crippen LogP contribution in [0, 0.1) is 10.1 Å². The molecular formula is C12H14BrN3O4. The van der Waals surface area contributed by atoms with E-state index in [-0.39, 0.29) is 18.2 Å². The third-order valence-corrected chi connectivity index (χ3v) is 3.61. The van der Waals surface area contributed by atoms with Gasteiger partial charge in [0.1, 0.15) is 11.7 Å². The number of likely N-dealkylation sites (N-methyl/N-ethyl adjacent to an activating group) is 1. The van der Waals surface area contributed by atoms with Crippen LogP contribution in [0.2, 0.25) is 0 Å². The first-order valence-electron chi connectivity index (χ1n) is 6.04. The molecule has 1 N–H and O–H groups in total. The number of anilines is 1. The number of nitro benzene ring substituents is 1. The van der Waals surface area contributed by atoms with Crippen molar-refractivity contribution in [1.29, 1.82) is 0 Å². The minimum atomic E-state index is -0.561. The number of morpholine rings is 1. The van der Waals surface area contributed by atoms with E-state index in [1.54, 1.807) is 17.0 Å². The molecule has 1 aromatic rings. The fourth-order valence-corrected chi connectivity index (χ4v) is 2.51. The summed E-state index contributed by atoms with van der Waals surface area (Å²) in [5.41, 5.74) is 0.394. The summed E-state index contributed by atoms with van der Waals surface area (Å²) in [6, 6.07) is 4.24. The molecule has 1 aromatic carbocycles. The first kappa shape index (κ1) is 14.7. The van der Waals surface area contributed by atoms with Crippen molar-refractivity contribution in [1.82, 2.24) is 5.32 Å². The molecule has 1 amide bonds. The van der Waals surface area contributed by atoms with E-state index in [1.807, 2.05) is 0 Å². The van der Waals surface area contributed by atoms with Crippen LogP contribution >= 0.6 is 15.9 Å². The summed E-state index contributed by atoms with van der Waals surface area (Å²) in [5, 5.41) is 13.7. The Bertz CT molecular complexity index is 537. The molecule has 8 heteroatoms. The van der Waals surface area contributed by atoms with E-state index in [2.05, 4.69) is 21.2 Å². The Kier molecular flexibility index (Phi) is 4.56. The van der Waals surface area contributed by atoms with Gasteiger partial charge in [-0.3, -0.25) is 14.9 Å². The van der Waals surface area contributed by atoms with Crippen molar-refractivity contribution in [2.24, 2.45) is 0 Å². The molecule has 1 aliphatic rings. The van der Waals surface area contributed by atoms with Crippen LogP contribution < -0.4 is 10.2 Å². The molecule has 0 saturated carbocycles. The molecule has 1 saturated heterocycles. The molecule has 1 fully saturated rings. The fourth-order valence-electron chi connectivity index (χ4n) is 2.16. The topological polar surface area (TPSA) is 84.7 Å². The Labute approximate surface area is 124 Å². The Morgan fingerprint density at radius 2 is 2.35 bits per heavy atom. The van der Waals surface area contributed by atoms with Crippen molar-refractivity contribution in [2.75, 3.05) is 31.7 Å². The van der Waals surface area contributed by atoms with E-state index in [9.17, 15) is 14.9 Å². The van der Waals surface area contributed by atoms with Gasteiger partial charge in [-0.1, -0.05) is 15.9 Å². The van der Waals surface area contributed by atoms with Crippen molar-refractivity contribution in [3.8, 4) is 0 Å². The van der Waals surface area contributed by atoms with Gasteiger partial charge in [0.2, 0.25) is 5.91 Å². The van der Waals surface area contributed by atoms with E-state index in [0.717, 1.165) is 0 Å². The van der Waals surface area contributed by atoms with E-state index in [0.29, 0.717) is 23.3 Å². The van der Waals surface area contributed by atoms with Crippen LogP contribution in [-0.2, 0) is 9.53 Å². The minimum Gasteiger partial charge on any atom is -0.377 e. The predicted molar refractivity (Wildman–Crippen MR) is 76.8 cm³/mol. The zero-order chi connectivity index (χ0) is 14.7. The van der Waals surface area contributed by atoms with Crippen LogP contribution in [0.3, 0.4) is 0 Å². The van der Waals surface area contributed by atoms with Crippen molar-refractivity contribution in [2.45, 2.75) is 6.04 Å². The van der Waals surface area contributed by atoms with Gasteiger partial charge in [-0.2, -0.15) is 0 Å². The molecule has 7 nitrogen and oxygen atoms in total. The highest BCUT2D eigenvalue weighted by molar-refractivity contribution is 9.10. The number of ether oxygens (including phenoxy) is 1. The SMILES string of the molecule is CNC(=O)C1COCCN1c1ccc(Br)cc1[N+](=O)[O-]. The number of benzene rings is 1. The molecule has 0 spiro atoms. The summed E-state index contributed by atoms with van der Waals surface area (Å²) < 4.78 is 5.92. The van der Waals surface area contributed by atoms with Crippen molar-refractivity contribution in [3.05, 3.63) is 32.8 Å². The second kappa shape index (κ2) is 6.19. The maximum absolute atomic E-state index is 11.9. The lowest BCUT2D eigenvalue weighted by molar-refractivity contribution is -0.384. The Morgan fingerprint density at radius 3 is 3.00 bits per heavy atom. The van der Waals surface area contributed by atoms with Crippen LogP contribution in [0.25, 0.3) is 0 Å². The molecule has 108 valence electrons. The Morgan fingerprint density at radius 1 is 1.60 bits per heavy atom. The number of carbonyl (C=O) groups is 1.